The van der Waals surface area contributed by atoms with E-state index in [0.717, 1.165) is 55.6 Å². The lowest BCUT2D eigenvalue weighted by Crippen LogP contribution is -2.20. The van der Waals surface area contributed by atoms with Gasteiger partial charge in [0, 0.05) is 18.0 Å². The summed E-state index contributed by atoms with van der Waals surface area (Å²) < 4.78 is 5.78. The number of amidine groups is 1. The van der Waals surface area contributed by atoms with Crippen LogP contribution in [0.5, 0.6) is 5.75 Å². The Labute approximate surface area is 112 Å². The second-order valence-corrected chi connectivity index (χ2v) is 5.27. The Morgan fingerprint density at radius 2 is 2.39 bits per heavy atom. The molecule has 1 unspecified atom stereocenters. The number of nitrogens with one attached hydrogen (secondary N) is 1. The molecule has 2 aliphatic rings. The van der Waals surface area contributed by atoms with Gasteiger partial charge < -0.3 is 10.1 Å². The average molecular weight is 265 g/mol. The lowest BCUT2D eigenvalue weighted by molar-refractivity contribution is 0.316. The van der Waals surface area contributed by atoms with Crippen LogP contribution in [-0.4, -0.2) is 25.5 Å². The van der Waals surface area contributed by atoms with Crippen molar-refractivity contribution in [2.45, 2.75) is 25.2 Å². The molecule has 0 amide bonds. The third kappa shape index (κ3) is 2.46. The number of hydrogen-bond acceptors (Lipinski definition) is 3. The average Bonchev–Trinajstić information content (AvgIpc) is 2.79. The van der Waals surface area contributed by atoms with E-state index in [9.17, 15) is 0 Å². The molecule has 0 saturated heterocycles. The van der Waals surface area contributed by atoms with Crippen molar-refractivity contribution in [3.05, 3.63) is 28.8 Å². The minimum absolute atomic E-state index is 0.463. The molecule has 1 atom stereocenters. The number of nitrogens with zero attached hydrogens (tertiary/aromatic N) is 1. The third-order valence-corrected chi connectivity index (χ3v) is 3.78. The summed E-state index contributed by atoms with van der Waals surface area (Å²) in [5, 5.41) is 4.13. The number of aliphatic imine (C=N–C) groups is 1. The van der Waals surface area contributed by atoms with E-state index in [-0.39, 0.29) is 0 Å². The van der Waals surface area contributed by atoms with E-state index in [2.05, 4.69) is 10.3 Å². The molecule has 18 heavy (non-hydrogen) atoms. The fourth-order valence-electron chi connectivity index (χ4n) is 2.67. The first-order valence-corrected chi connectivity index (χ1v) is 6.90. The van der Waals surface area contributed by atoms with Crippen LogP contribution in [0.2, 0.25) is 5.02 Å². The first kappa shape index (κ1) is 11.8. The number of halogens is 1. The van der Waals surface area contributed by atoms with Gasteiger partial charge in [0.2, 0.25) is 0 Å². The minimum Gasteiger partial charge on any atom is -0.493 e. The maximum absolute atomic E-state index is 6.11. The molecule has 2 heterocycles. The van der Waals surface area contributed by atoms with E-state index in [1.165, 1.54) is 5.56 Å². The Morgan fingerprint density at radius 1 is 1.44 bits per heavy atom. The normalized spacial score (nSPS) is 22.5. The number of ether oxygens (including phenoxy) is 1. The van der Waals surface area contributed by atoms with Crippen molar-refractivity contribution in [1.29, 1.82) is 0 Å². The second kappa shape index (κ2) is 5.19. The summed E-state index contributed by atoms with van der Waals surface area (Å²) in [4.78, 5) is 4.49. The highest BCUT2D eigenvalue weighted by molar-refractivity contribution is 6.30. The predicted molar refractivity (Wildman–Crippen MR) is 73.8 cm³/mol. The van der Waals surface area contributed by atoms with Gasteiger partial charge in [0.15, 0.2) is 0 Å². The van der Waals surface area contributed by atoms with Crippen molar-refractivity contribution < 1.29 is 4.74 Å². The van der Waals surface area contributed by atoms with E-state index in [1.54, 1.807) is 0 Å². The van der Waals surface area contributed by atoms with Crippen molar-refractivity contribution in [1.82, 2.24) is 5.32 Å². The Kier molecular flexibility index (Phi) is 3.41. The van der Waals surface area contributed by atoms with Crippen LogP contribution in [0.3, 0.4) is 0 Å². The van der Waals surface area contributed by atoms with Crippen LogP contribution in [-0.2, 0) is 0 Å². The van der Waals surface area contributed by atoms with Crippen LogP contribution in [0.25, 0.3) is 0 Å². The molecular formula is C14H17ClN2O. The van der Waals surface area contributed by atoms with Gasteiger partial charge in [-0.05, 0) is 42.5 Å². The number of benzene rings is 1. The van der Waals surface area contributed by atoms with Gasteiger partial charge in [-0.3, -0.25) is 4.99 Å². The maximum atomic E-state index is 6.11. The highest BCUT2D eigenvalue weighted by Gasteiger charge is 2.22. The monoisotopic (exact) mass is 264 g/mol. The minimum atomic E-state index is 0.463. The first-order chi connectivity index (χ1) is 8.83. The van der Waals surface area contributed by atoms with Crippen LogP contribution >= 0.6 is 11.6 Å². The van der Waals surface area contributed by atoms with Crippen molar-refractivity contribution in [3.8, 4) is 5.75 Å². The molecule has 2 aliphatic heterocycles. The van der Waals surface area contributed by atoms with Crippen LogP contribution in [0.4, 0.5) is 0 Å². The summed E-state index contributed by atoms with van der Waals surface area (Å²) in [6.07, 6.45) is 3.19. The van der Waals surface area contributed by atoms with Gasteiger partial charge >= 0.3 is 0 Å². The fourth-order valence-corrected chi connectivity index (χ4v) is 2.85. The van der Waals surface area contributed by atoms with Crippen molar-refractivity contribution in [2.24, 2.45) is 4.99 Å². The summed E-state index contributed by atoms with van der Waals surface area (Å²) in [7, 11) is 0. The van der Waals surface area contributed by atoms with Crippen LogP contribution in [0.15, 0.2) is 23.2 Å². The molecule has 0 bridgehead atoms. The zero-order valence-electron chi connectivity index (χ0n) is 10.3. The molecule has 4 heteroatoms. The quantitative estimate of drug-likeness (QED) is 0.891. The van der Waals surface area contributed by atoms with Crippen LogP contribution < -0.4 is 10.1 Å². The van der Waals surface area contributed by atoms with Gasteiger partial charge in [-0.15, -0.1) is 0 Å². The molecular weight excluding hydrogens is 248 g/mol. The van der Waals surface area contributed by atoms with Gasteiger partial charge in [0.1, 0.15) is 5.75 Å². The van der Waals surface area contributed by atoms with E-state index in [0.29, 0.717) is 5.92 Å². The van der Waals surface area contributed by atoms with Crippen molar-refractivity contribution in [3.63, 3.8) is 0 Å². The Balaban J connectivity index is 1.87. The Bertz CT molecular complexity index is 473. The molecule has 0 saturated carbocycles. The third-order valence-electron chi connectivity index (χ3n) is 3.55. The summed E-state index contributed by atoms with van der Waals surface area (Å²) >= 11 is 6.11. The van der Waals surface area contributed by atoms with E-state index >= 15 is 0 Å². The number of rotatable bonds is 2. The lowest BCUT2D eigenvalue weighted by Gasteiger charge is -2.17. The topological polar surface area (TPSA) is 33.6 Å². The van der Waals surface area contributed by atoms with E-state index in [1.807, 2.05) is 18.2 Å². The molecule has 0 fully saturated rings. The fraction of sp³-hybridized carbons (Fsp3) is 0.500. The highest BCUT2D eigenvalue weighted by atomic mass is 35.5. The second-order valence-electron chi connectivity index (χ2n) is 4.83. The summed E-state index contributed by atoms with van der Waals surface area (Å²) in [6, 6.07) is 5.93. The zero-order valence-corrected chi connectivity index (χ0v) is 11.0. The molecule has 0 aliphatic carbocycles. The van der Waals surface area contributed by atoms with E-state index < -0.39 is 0 Å². The molecule has 0 spiro atoms. The Hall–Kier alpha value is -1.22. The van der Waals surface area contributed by atoms with Gasteiger partial charge in [0.25, 0.3) is 0 Å². The molecule has 3 rings (SSSR count). The predicted octanol–water partition coefficient (Wildman–Crippen LogP) is 2.99. The number of hydrogen-bond donors (Lipinski definition) is 1. The van der Waals surface area contributed by atoms with E-state index in [4.69, 9.17) is 16.3 Å². The zero-order chi connectivity index (χ0) is 12.4. The number of fused-ring (bicyclic) bond motifs is 1. The Morgan fingerprint density at radius 3 is 3.22 bits per heavy atom. The van der Waals surface area contributed by atoms with Crippen molar-refractivity contribution >= 4 is 17.4 Å². The van der Waals surface area contributed by atoms with Crippen LogP contribution in [0, 0.1) is 0 Å². The largest absolute Gasteiger partial charge is 0.493 e. The van der Waals surface area contributed by atoms with Gasteiger partial charge in [-0.1, -0.05) is 11.6 Å². The van der Waals surface area contributed by atoms with Gasteiger partial charge in [-0.25, -0.2) is 0 Å². The lowest BCUT2D eigenvalue weighted by atomic mass is 9.91. The van der Waals surface area contributed by atoms with Crippen molar-refractivity contribution in [2.75, 3.05) is 19.7 Å². The maximum Gasteiger partial charge on any atom is 0.122 e. The molecule has 96 valence electrons. The van der Waals surface area contributed by atoms with Crippen LogP contribution in [0.1, 0.15) is 30.7 Å². The molecule has 0 aromatic heterocycles. The molecule has 3 nitrogen and oxygen atoms in total. The summed E-state index contributed by atoms with van der Waals surface area (Å²) in [5.74, 6) is 2.58. The molecule has 1 aromatic rings. The summed E-state index contributed by atoms with van der Waals surface area (Å²) in [6.45, 7) is 2.67. The molecule has 1 N–H and O–H groups in total. The molecule has 1 aromatic carbocycles. The highest BCUT2D eigenvalue weighted by Crippen LogP contribution is 2.37. The standard InChI is InChI=1S/C14H17ClN2O/c15-11-3-4-13-12(9-11)10(2-1-7-18-13)8-14-16-5-6-17-14/h3-4,9-10H,1-2,5-8H2,(H,16,17). The SMILES string of the molecule is Clc1ccc2c(c1)C(CC1=NCCN1)CCCO2. The first-order valence-electron chi connectivity index (χ1n) is 6.52. The van der Waals surface area contributed by atoms with Gasteiger partial charge in [-0.2, -0.15) is 0 Å². The smallest absolute Gasteiger partial charge is 0.122 e. The summed E-state index contributed by atoms with van der Waals surface area (Å²) in [5.41, 5.74) is 1.23. The molecule has 0 radical (unpaired) electrons. The van der Waals surface area contributed by atoms with Gasteiger partial charge in [0.05, 0.1) is 19.0 Å².